The number of nitrogens with one attached hydrogen (secondary N) is 2. The number of carbonyl (C=O) groups is 1. The molecule has 11 nitrogen and oxygen atoms in total. The smallest absolute Gasteiger partial charge is 0.247 e. The number of fused-ring (bicyclic) bond motifs is 1. The predicted octanol–water partition coefficient (Wildman–Crippen LogP) is 5.06. The van der Waals surface area contributed by atoms with Gasteiger partial charge >= 0.3 is 0 Å². The van der Waals surface area contributed by atoms with Gasteiger partial charge in [0.25, 0.3) is 0 Å². The average molecular weight is 648 g/mol. The Hall–Kier alpha value is -4.33. The van der Waals surface area contributed by atoms with E-state index in [4.69, 9.17) is 14.3 Å². The Labute approximate surface area is 272 Å². The monoisotopic (exact) mass is 647 g/mol. The minimum absolute atomic E-state index is 0.321. The summed E-state index contributed by atoms with van der Waals surface area (Å²) in [4.78, 5) is 32.1. The van der Waals surface area contributed by atoms with Gasteiger partial charge in [-0.05, 0) is 42.7 Å². The Balaban J connectivity index is 1.10. The van der Waals surface area contributed by atoms with Gasteiger partial charge in [0.1, 0.15) is 29.5 Å². The second-order valence-corrected chi connectivity index (χ2v) is 12.5. The molecule has 4 saturated heterocycles. The van der Waals surface area contributed by atoms with E-state index in [2.05, 4.69) is 37.0 Å². The summed E-state index contributed by atoms with van der Waals surface area (Å²) in [5.41, 5.74) is 2.52. The standard InChI is InChI=1S/C34H39F2N7O4/c1-3-34(44)40-27-13-28(31(45-2)14-30(27)41-7-4-26(5-8-41)42-16-22-18-46-19-23(22)17-42)39-32-15-33(38-20-37-32)43-29(6-9-47-43)21-10-24(35)12-25(36)11-21/h3,10-15,20,22-23,26,29H,1,4-9,16-19H2,2H3,(H,40,44)(H,37,38,39)/t22-,23+,29-/m1/s1. The molecule has 248 valence electrons. The zero-order valence-electron chi connectivity index (χ0n) is 26.3. The van der Waals surface area contributed by atoms with E-state index in [-0.39, 0.29) is 5.91 Å². The number of hydrogen-bond acceptors (Lipinski definition) is 10. The maximum Gasteiger partial charge on any atom is 0.247 e. The summed E-state index contributed by atoms with van der Waals surface area (Å²) in [7, 11) is 1.60. The molecule has 2 aromatic carbocycles. The Morgan fingerprint density at radius 3 is 2.45 bits per heavy atom. The number of aromatic nitrogens is 2. The lowest BCUT2D eigenvalue weighted by atomic mass is 10.0. The summed E-state index contributed by atoms with van der Waals surface area (Å²) in [5.74, 6) is 1.11. The van der Waals surface area contributed by atoms with Crippen LogP contribution < -0.4 is 25.3 Å². The first-order chi connectivity index (χ1) is 22.9. The molecule has 0 unspecified atom stereocenters. The van der Waals surface area contributed by atoms with Gasteiger partial charge in [-0.15, -0.1) is 0 Å². The van der Waals surface area contributed by atoms with Crippen molar-refractivity contribution in [3.8, 4) is 5.75 Å². The number of amides is 1. The lowest BCUT2D eigenvalue weighted by Crippen LogP contribution is -2.44. The Bertz CT molecular complexity index is 1600. The van der Waals surface area contributed by atoms with Gasteiger partial charge in [-0.3, -0.25) is 14.5 Å². The summed E-state index contributed by atoms with van der Waals surface area (Å²) in [5, 5.41) is 7.82. The second-order valence-electron chi connectivity index (χ2n) is 12.5. The molecule has 0 aliphatic carbocycles. The molecule has 4 aliphatic rings. The molecule has 4 aliphatic heterocycles. The lowest BCUT2D eigenvalue weighted by molar-refractivity contribution is -0.111. The summed E-state index contributed by atoms with van der Waals surface area (Å²) in [6.45, 7) is 9.68. The third-order valence-electron chi connectivity index (χ3n) is 9.67. The molecule has 1 aromatic heterocycles. The van der Waals surface area contributed by atoms with Crippen molar-refractivity contribution in [1.29, 1.82) is 0 Å². The van der Waals surface area contributed by atoms with Crippen molar-refractivity contribution in [2.75, 3.05) is 73.7 Å². The number of anilines is 5. The first-order valence-corrected chi connectivity index (χ1v) is 16.1. The van der Waals surface area contributed by atoms with E-state index in [1.54, 1.807) is 18.2 Å². The lowest BCUT2D eigenvalue weighted by Gasteiger charge is -2.39. The zero-order chi connectivity index (χ0) is 32.5. The molecule has 7 rings (SSSR count). The van der Waals surface area contributed by atoms with E-state index in [9.17, 15) is 13.6 Å². The van der Waals surface area contributed by atoms with Crippen molar-refractivity contribution in [2.24, 2.45) is 11.8 Å². The van der Waals surface area contributed by atoms with Crippen LogP contribution in [0.2, 0.25) is 0 Å². The highest BCUT2D eigenvalue weighted by Gasteiger charge is 2.40. The molecule has 47 heavy (non-hydrogen) atoms. The highest BCUT2D eigenvalue weighted by Crippen LogP contribution is 2.41. The van der Waals surface area contributed by atoms with Gasteiger partial charge in [0, 0.05) is 68.7 Å². The van der Waals surface area contributed by atoms with Crippen LogP contribution >= 0.6 is 0 Å². The number of hydroxylamine groups is 1. The number of hydrogen-bond donors (Lipinski definition) is 2. The minimum atomic E-state index is -0.652. The van der Waals surface area contributed by atoms with E-state index < -0.39 is 17.7 Å². The number of benzene rings is 2. The van der Waals surface area contributed by atoms with Crippen LogP contribution in [0.15, 0.2) is 55.4 Å². The second kappa shape index (κ2) is 13.4. The van der Waals surface area contributed by atoms with Gasteiger partial charge < -0.3 is 25.0 Å². The number of ether oxygens (including phenoxy) is 2. The fourth-order valence-corrected chi connectivity index (χ4v) is 7.31. The maximum absolute atomic E-state index is 14.0. The molecule has 4 fully saturated rings. The molecule has 13 heteroatoms. The van der Waals surface area contributed by atoms with Gasteiger partial charge in [-0.2, -0.15) is 0 Å². The van der Waals surface area contributed by atoms with Gasteiger partial charge in [-0.1, -0.05) is 6.58 Å². The van der Waals surface area contributed by atoms with Crippen LogP contribution in [0.1, 0.15) is 30.9 Å². The number of rotatable bonds is 9. The summed E-state index contributed by atoms with van der Waals surface area (Å²) in [6.07, 6.45) is 5.22. The normalized spacial score (nSPS) is 23.2. The highest BCUT2D eigenvalue weighted by atomic mass is 19.1. The molecular formula is C34H39F2N7O4. The van der Waals surface area contributed by atoms with Crippen molar-refractivity contribution in [2.45, 2.75) is 31.3 Å². The topological polar surface area (TPSA) is 104 Å². The number of piperidine rings is 1. The van der Waals surface area contributed by atoms with Crippen LogP contribution in [-0.2, 0) is 14.4 Å². The van der Waals surface area contributed by atoms with Gasteiger partial charge in [0.2, 0.25) is 5.91 Å². The highest BCUT2D eigenvalue weighted by molar-refractivity contribution is 6.02. The molecule has 2 N–H and O–H groups in total. The average Bonchev–Trinajstić information content (AvgIpc) is 3.82. The van der Waals surface area contributed by atoms with Crippen molar-refractivity contribution < 1.29 is 27.9 Å². The van der Waals surface area contributed by atoms with Crippen LogP contribution in [0.4, 0.5) is 37.5 Å². The van der Waals surface area contributed by atoms with Crippen molar-refractivity contribution in [1.82, 2.24) is 14.9 Å². The van der Waals surface area contributed by atoms with E-state index in [1.165, 1.54) is 24.5 Å². The fraction of sp³-hybridized carbons (Fsp3) is 0.441. The number of halogens is 2. The number of nitrogens with zero attached hydrogens (tertiary/aromatic N) is 5. The van der Waals surface area contributed by atoms with E-state index in [1.807, 2.05) is 12.1 Å². The van der Waals surface area contributed by atoms with Crippen LogP contribution in [-0.4, -0.2) is 79.9 Å². The molecule has 0 saturated carbocycles. The fourth-order valence-electron chi connectivity index (χ4n) is 7.31. The van der Waals surface area contributed by atoms with Gasteiger partial charge in [0.15, 0.2) is 5.82 Å². The molecule has 0 spiro atoms. The maximum atomic E-state index is 14.0. The van der Waals surface area contributed by atoms with E-state index in [0.717, 1.165) is 64.0 Å². The van der Waals surface area contributed by atoms with E-state index >= 15 is 0 Å². The molecule has 3 atom stereocenters. The van der Waals surface area contributed by atoms with Crippen LogP contribution in [0.5, 0.6) is 5.75 Å². The molecule has 5 heterocycles. The van der Waals surface area contributed by atoms with Crippen molar-refractivity contribution in [3.63, 3.8) is 0 Å². The molecule has 0 bridgehead atoms. The Kier molecular flexibility index (Phi) is 8.93. The summed E-state index contributed by atoms with van der Waals surface area (Å²) in [6, 6.07) is 9.00. The summed E-state index contributed by atoms with van der Waals surface area (Å²) < 4.78 is 39.5. The molecule has 0 radical (unpaired) electrons. The van der Waals surface area contributed by atoms with E-state index in [0.29, 0.717) is 65.2 Å². The number of likely N-dealkylation sites (tertiary alicyclic amines) is 1. The number of carbonyl (C=O) groups excluding carboxylic acids is 1. The zero-order valence-corrected chi connectivity index (χ0v) is 26.3. The first kappa shape index (κ1) is 31.3. The Morgan fingerprint density at radius 1 is 1.00 bits per heavy atom. The van der Waals surface area contributed by atoms with Crippen LogP contribution in [0.25, 0.3) is 0 Å². The molecule has 1 amide bonds. The number of methoxy groups -OCH3 is 1. The van der Waals surface area contributed by atoms with Crippen molar-refractivity contribution in [3.05, 3.63) is 72.6 Å². The third kappa shape index (κ3) is 6.60. The minimum Gasteiger partial charge on any atom is -0.494 e. The quantitative estimate of drug-likeness (QED) is 0.307. The van der Waals surface area contributed by atoms with Crippen molar-refractivity contribution >= 4 is 34.6 Å². The predicted molar refractivity (Wildman–Crippen MR) is 174 cm³/mol. The largest absolute Gasteiger partial charge is 0.494 e. The third-order valence-corrected chi connectivity index (χ3v) is 9.67. The van der Waals surface area contributed by atoms with Crippen LogP contribution in [0, 0.1) is 23.5 Å². The SMILES string of the molecule is C=CC(=O)Nc1cc(Nc2cc(N3OCC[C@@H]3c3cc(F)cc(F)c3)ncn2)c(OC)cc1N1CCC(N2C[C@H]3COC[C@H]3C2)CC1. The van der Waals surface area contributed by atoms with Gasteiger partial charge in [-0.25, -0.2) is 23.8 Å². The Morgan fingerprint density at radius 2 is 1.74 bits per heavy atom. The van der Waals surface area contributed by atoms with Crippen LogP contribution in [0.3, 0.4) is 0 Å². The first-order valence-electron chi connectivity index (χ1n) is 16.1. The van der Waals surface area contributed by atoms with Gasteiger partial charge in [0.05, 0.1) is 50.0 Å². The summed E-state index contributed by atoms with van der Waals surface area (Å²) >= 11 is 0. The molecular weight excluding hydrogens is 608 g/mol. The molecule has 3 aromatic rings.